The molecule has 6 nitrogen and oxygen atoms in total. The molecule has 24 heavy (non-hydrogen) atoms. The molecule has 1 aliphatic rings. The number of hydrogen-bond acceptors (Lipinski definition) is 4. The molecule has 2 aromatic rings. The van der Waals surface area contributed by atoms with Crippen LogP contribution in [0.5, 0.6) is 0 Å². The van der Waals surface area contributed by atoms with Crippen LogP contribution in [0.3, 0.4) is 0 Å². The molecule has 0 radical (unpaired) electrons. The fourth-order valence-electron chi connectivity index (χ4n) is 2.58. The van der Waals surface area contributed by atoms with Crippen molar-refractivity contribution in [3.05, 3.63) is 59.7 Å². The van der Waals surface area contributed by atoms with Crippen LogP contribution in [0, 0.1) is 0 Å². The smallest absolute Gasteiger partial charge is 0.339 e. The number of esters is 1. The first-order valence-electron chi connectivity index (χ1n) is 7.50. The highest BCUT2D eigenvalue weighted by molar-refractivity contribution is 6.00. The number of carbonyl (C=O) groups excluding carboxylic acids is 3. The Morgan fingerprint density at radius 2 is 1.75 bits per heavy atom. The van der Waals surface area contributed by atoms with Gasteiger partial charge in [-0.05, 0) is 29.8 Å². The normalized spacial score (nSPS) is 15.9. The van der Waals surface area contributed by atoms with Gasteiger partial charge >= 0.3 is 5.97 Å². The highest BCUT2D eigenvalue weighted by Gasteiger charge is 2.31. The van der Waals surface area contributed by atoms with Crippen molar-refractivity contribution >= 4 is 29.2 Å². The maximum atomic E-state index is 12.4. The fraction of sp³-hybridized carbons (Fsp3) is 0.167. The Labute approximate surface area is 138 Å². The predicted octanol–water partition coefficient (Wildman–Crippen LogP) is 2.37. The summed E-state index contributed by atoms with van der Waals surface area (Å²) in [5, 5.41) is 5.35. The molecule has 1 aliphatic heterocycles. The van der Waals surface area contributed by atoms with Gasteiger partial charge in [0.2, 0.25) is 5.91 Å². The Bertz CT molecular complexity index is 816. The van der Waals surface area contributed by atoms with E-state index in [-0.39, 0.29) is 5.91 Å². The Hall–Kier alpha value is -3.15. The van der Waals surface area contributed by atoms with Crippen LogP contribution in [0.1, 0.15) is 22.8 Å². The van der Waals surface area contributed by atoms with Crippen molar-refractivity contribution in [3.63, 3.8) is 0 Å². The zero-order chi connectivity index (χ0) is 17.1. The first-order valence-corrected chi connectivity index (χ1v) is 7.50. The van der Waals surface area contributed by atoms with Crippen molar-refractivity contribution in [2.75, 3.05) is 10.6 Å². The Morgan fingerprint density at radius 1 is 1.04 bits per heavy atom. The summed E-state index contributed by atoms with van der Waals surface area (Å²) in [7, 11) is 0. The van der Waals surface area contributed by atoms with Crippen LogP contribution in [0.4, 0.5) is 11.4 Å². The lowest BCUT2D eigenvalue weighted by Gasteiger charge is -2.23. The third kappa shape index (κ3) is 3.43. The summed E-state index contributed by atoms with van der Waals surface area (Å²) in [5.74, 6) is -1.10. The van der Waals surface area contributed by atoms with Crippen LogP contribution >= 0.6 is 0 Å². The van der Waals surface area contributed by atoms with E-state index in [1.165, 1.54) is 6.92 Å². The maximum Gasteiger partial charge on any atom is 0.339 e. The number of cyclic esters (lactones) is 1. The number of nitrogens with one attached hydrogen (secondary N) is 2. The lowest BCUT2D eigenvalue weighted by Crippen LogP contribution is -2.37. The van der Waals surface area contributed by atoms with Gasteiger partial charge in [-0.15, -0.1) is 0 Å². The molecule has 0 aromatic heterocycles. The van der Waals surface area contributed by atoms with Crippen molar-refractivity contribution in [3.8, 4) is 0 Å². The van der Waals surface area contributed by atoms with Crippen molar-refractivity contribution in [1.82, 2.24) is 0 Å². The third-order valence-corrected chi connectivity index (χ3v) is 3.63. The predicted molar refractivity (Wildman–Crippen MR) is 88.7 cm³/mol. The molecule has 0 saturated heterocycles. The van der Waals surface area contributed by atoms with Crippen LogP contribution < -0.4 is 10.6 Å². The average molecular weight is 324 g/mol. The van der Waals surface area contributed by atoms with E-state index in [4.69, 9.17) is 4.74 Å². The van der Waals surface area contributed by atoms with Gasteiger partial charge < -0.3 is 15.4 Å². The maximum absolute atomic E-state index is 12.4. The largest absolute Gasteiger partial charge is 0.448 e. The van der Waals surface area contributed by atoms with Gasteiger partial charge in [-0.1, -0.05) is 24.3 Å². The van der Waals surface area contributed by atoms with E-state index in [0.717, 1.165) is 5.56 Å². The summed E-state index contributed by atoms with van der Waals surface area (Å²) >= 11 is 0. The Morgan fingerprint density at radius 3 is 2.50 bits per heavy atom. The molecule has 0 aliphatic carbocycles. The standard InChI is InChI=1S/C18H16N2O4/c1-11(21)19-13-6-4-7-14(10-13)20-17(22)16-9-12-5-2-3-8-15(12)18(23)24-16/h2-8,10,16H,9H2,1H3,(H,19,21)(H,20,22)/t16-/m1/s1. The van der Waals surface area contributed by atoms with E-state index in [1.54, 1.807) is 36.4 Å². The number of rotatable bonds is 3. The van der Waals surface area contributed by atoms with Crippen LogP contribution in [0.25, 0.3) is 0 Å². The monoisotopic (exact) mass is 324 g/mol. The molecule has 0 saturated carbocycles. The molecule has 122 valence electrons. The minimum atomic E-state index is -0.878. The summed E-state index contributed by atoms with van der Waals surface area (Å²) in [6.45, 7) is 1.41. The van der Waals surface area contributed by atoms with Gasteiger partial charge in [0.25, 0.3) is 5.91 Å². The molecular formula is C18H16N2O4. The summed E-state index contributed by atoms with van der Waals surface area (Å²) in [6, 6.07) is 13.8. The minimum absolute atomic E-state index is 0.198. The molecule has 0 spiro atoms. The third-order valence-electron chi connectivity index (χ3n) is 3.63. The van der Waals surface area contributed by atoms with Gasteiger partial charge in [0, 0.05) is 24.7 Å². The number of anilines is 2. The second-order valence-electron chi connectivity index (χ2n) is 5.51. The van der Waals surface area contributed by atoms with E-state index < -0.39 is 18.0 Å². The van der Waals surface area contributed by atoms with Crippen LogP contribution in [0.15, 0.2) is 48.5 Å². The highest BCUT2D eigenvalue weighted by atomic mass is 16.5. The second kappa shape index (κ2) is 6.54. The van der Waals surface area contributed by atoms with Crippen molar-refractivity contribution in [1.29, 1.82) is 0 Å². The number of hydrogen-bond donors (Lipinski definition) is 2. The lowest BCUT2D eigenvalue weighted by atomic mass is 9.98. The van der Waals surface area contributed by atoms with Crippen LogP contribution in [0.2, 0.25) is 0 Å². The van der Waals surface area contributed by atoms with Crippen LogP contribution in [-0.2, 0) is 20.7 Å². The number of amides is 2. The number of fused-ring (bicyclic) bond motifs is 1. The summed E-state index contributed by atoms with van der Waals surface area (Å²) in [4.78, 5) is 35.5. The van der Waals surface area contributed by atoms with E-state index in [1.807, 2.05) is 12.1 Å². The summed E-state index contributed by atoms with van der Waals surface area (Å²) < 4.78 is 5.22. The average Bonchev–Trinajstić information content (AvgIpc) is 2.54. The molecule has 2 N–H and O–H groups in total. The molecule has 0 fully saturated rings. The van der Waals surface area contributed by atoms with E-state index in [0.29, 0.717) is 23.4 Å². The van der Waals surface area contributed by atoms with Crippen molar-refractivity contribution in [2.24, 2.45) is 0 Å². The van der Waals surface area contributed by atoms with E-state index >= 15 is 0 Å². The molecule has 0 bridgehead atoms. The van der Waals surface area contributed by atoms with Gasteiger partial charge in [-0.3, -0.25) is 9.59 Å². The zero-order valence-electron chi connectivity index (χ0n) is 13.0. The Kier molecular flexibility index (Phi) is 4.29. The first-order chi connectivity index (χ1) is 11.5. The summed E-state index contributed by atoms with van der Waals surface area (Å²) in [6.07, 6.45) is -0.545. The number of benzene rings is 2. The van der Waals surface area contributed by atoms with E-state index in [2.05, 4.69) is 10.6 Å². The molecule has 0 unspecified atom stereocenters. The second-order valence-corrected chi connectivity index (χ2v) is 5.51. The minimum Gasteiger partial charge on any atom is -0.448 e. The molecule has 6 heteroatoms. The van der Waals surface area contributed by atoms with Gasteiger partial charge in [0.1, 0.15) is 0 Å². The topological polar surface area (TPSA) is 84.5 Å². The van der Waals surface area contributed by atoms with Crippen molar-refractivity contribution < 1.29 is 19.1 Å². The quantitative estimate of drug-likeness (QED) is 0.849. The molecule has 2 aromatic carbocycles. The zero-order valence-corrected chi connectivity index (χ0v) is 13.0. The van der Waals surface area contributed by atoms with Crippen molar-refractivity contribution in [2.45, 2.75) is 19.4 Å². The molecular weight excluding hydrogens is 308 g/mol. The molecule has 1 heterocycles. The summed E-state index contributed by atoms with van der Waals surface area (Å²) in [5.41, 5.74) is 2.38. The van der Waals surface area contributed by atoms with Gasteiger partial charge in [-0.2, -0.15) is 0 Å². The van der Waals surface area contributed by atoms with Gasteiger partial charge in [0.15, 0.2) is 6.10 Å². The van der Waals surface area contributed by atoms with Crippen LogP contribution in [-0.4, -0.2) is 23.9 Å². The SMILES string of the molecule is CC(=O)Nc1cccc(NC(=O)[C@H]2Cc3ccccc3C(=O)O2)c1. The molecule has 1 atom stereocenters. The molecule has 3 rings (SSSR count). The van der Waals surface area contributed by atoms with Gasteiger partial charge in [-0.25, -0.2) is 4.79 Å². The lowest BCUT2D eigenvalue weighted by molar-refractivity contribution is -0.125. The first kappa shape index (κ1) is 15.7. The van der Waals surface area contributed by atoms with E-state index in [9.17, 15) is 14.4 Å². The highest BCUT2D eigenvalue weighted by Crippen LogP contribution is 2.22. The number of carbonyl (C=O) groups is 3. The fourth-order valence-corrected chi connectivity index (χ4v) is 2.58. The number of ether oxygens (including phenoxy) is 1. The Balaban J connectivity index is 1.72. The van der Waals surface area contributed by atoms with Gasteiger partial charge in [0.05, 0.1) is 5.56 Å². The molecule has 2 amide bonds.